The normalized spacial score (nSPS) is 18.2. The molecule has 0 bridgehead atoms. The Hall–Kier alpha value is -4.24. The van der Waals surface area contributed by atoms with Crippen molar-refractivity contribution in [1.82, 2.24) is 20.1 Å². The molecule has 39 heavy (non-hydrogen) atoms. The zero-order valence-electron chi connectivity index (χ0n) is 22.1. The molecule has 202 valence electrons. The molecule has 1 N–H and O–H groups in total. The van der Waals surface area contributed by atoms with Gasteiger partial charge in [0, 0.05) is 56.0 Å². The quantitative estimate of drug-likeness (QED) is 0.528. The number of nitrogens with zero attached hydrogens (tertiary/aromatic N) is 3. The molecule has 0 aliphatic carbocycles. The van der Waals surface area contributed by atoms with E-state index >= 15 is 0 Å². The van der Waals surface area contributed by atoms with Crippen LogP contribution in [-0.2, 0) is 16.1 Å². The van der Waals surface area contributed by atoms with Crippen LogP contribution < -0.4 is 10.1 Å². The molecular formula is C30H32N4O5. The predicted octanol–water partition coefficient (Wildman–Crippen LogP) is 3.19. The molecule has 0 unspecified atom stereocenters. The van der Waals surface area contributed by atoms with Crippen molar-refractivity contribution in [2.45, 2.75) is 38.1 Å². The monoisotopic (exact) mass is 528 g/mol. The number of rotatable bonds is 6. The van der Waals surface area contributed by atoms with E-state index < -0.39 is 11.8 Å². The van der Waals surface area contributed by atoms with Crippen molar-refractivity contribution in [1.29, 1.82) is 0 Å². The molecule has 2 aromatic carbocycles. The summed E-state index contributed by atoms with van der Waals surface area (Å²) in [5, 5.41) is 2.93. The van der Waals surface area contributed by atoms with Gasteiger partial charge in [-0.25, -0.2) is 0 Å². The Bertz CT molecular complexity index is 1340. The molecular weight excluding hydrogens is 496 g/mol. The molecule has 9 heteroatoms. The third-order valence-corrected chi connectivity index (χ3v) is 7.52. The lowest BCUT2D eigenvalue weighted by Gasteiger charge is -2.44. The number of benzene rings is 2. The largest absolute Gasteiger partial charge is 0.497 e. The number of hydrogen-bond acceptors (Lipinski definition) is 6. The summed E-state index contributed by atoms with van der Waals surface area (Å²) >= 11 is 0. The van der Waals surface area contributed by atoms with E-state index in [1.165, 1.54) is 0 Å². The van der Waals surface area contributed by atoms with Crippen LogP contribution in [0.3, 0.4) is 0 Å². The summed E-state index contributed by atoms with van der Waals surface area (Å²) in [6, 6.07) is 17.2. The maximum atomic E-state index is 13.9. The van der Waals surface area contributed by atoms with Crippen LogP contribution >= 0.6 is 0 Å². The Morgan fingerprint density at radius 1 is 1.03 bits per heavy atom. The minimum atomic E-state index is -0.990. The highest BCUT2D eigenvalue weighted by molar-refractivity contribution is 5.99. The van der Waals surface area contributed by atoms with E-state index in [4.69, 9.17) is 9.47 Å². The van der Waals surface area contributed by atoms with Crippen LogP contribution in [0.5, 0.6) is 5.75 Å². The van der Waals surface area contributed by atoms with Crippen LogP contribution in [0.25, 0.3) is 0 Å². The zero-order valence-corrected chi connectivity index (χ0v) is 22.1. The zero-order chi connectivity index (χ0) is 27.4. The van der Waals surface area contributed by atoms with E-state index in [0.29, 0.717) is 49.4 Å². The minimum absolute atomic E-state index is 0.0419. The number of amides is 3. The summed E-state index contributed by atoms with van der Waals surface area (Å²) < 4.78 is 11.5. The van der Waals surface area contributed by atoms with E-state index in [1.54, 1.807) is 59.6 Å². The Balaban J connectivity index is 1.37. The Kier molecular flexibility index (Phi) is 7.60. The molecule has 2 aliphatic rings. The minimum Gasteiger partial charge on any atom is -0.497 e. The number of piperidine rings is 1. The van der Waals surface area contributed by atoms with Crippen LogP contribution in [-0.4, -0.2) is 71.1 Å². The first kappa shape index (κ1) is 26.4. The van der Waals surface area contributed by atoms with E-state index in [9.17, 15) is 14.4 Å². The standard InChI is InChI=1S/C30H32N4O5/c1-21-6-3-4-8-25(21)29(37)33-16-13-30(14-17-33)34(28(36)23-9-11-24(38-2)12-10-23)26(20-39-30)27(35)32-19-22-7-5-15-31-18-22/h3-12,15,18,26H,13-14,16-17,19-20H2,1-2H3,(H,32,35)/t26-/m0/s1. The SMILES string of the molecule is COc1ccc(C(=O)N2[C@H](C(=O)NCc3cccnc3)COC23CCN(C(=O)c2ccccc2C)CC3)cc1. The molecule has 0 radical (unpaired) electrons. The molecule has 2 aliphatic heterocycles. The van der Waals surface area contributed by atoms with E-state index in [0.717, 1.165) is 11.1 Å². The van der Waals surface area contributed by atoms with Crippen molar-refractivity contribution in [3.05, 3.63) is 95.3 Å². The maximum Gasteiger partial charge on any atom is 0.256 e. The second kappa shape index (κ2) is 11.2. The second-order valence-corrected chi connectivity index (χ2v) is 9.86. The van der Waals surface area contributed by atoms with Crippen molar-refractivity contribution >= 4 is 17.7 Å². The molecule has 0 saturated carbocycles. The van der Waals surface area contributed by atoms with Crippen molar-refractivity contribution in [2.75, 3.05) is 26.8 Å². The number of carbonyl (C=O) groups excluding carboxylic acids is 3. The molecule has 3 heterocycles. The first-order valence-corrected chi connectivity index (χ1v) is 13.0. The van der Waals surface area contributed by atoms with Gasteiger partial charge in [-0.3, -0.25) is 24.3 Å². The topological polar surface area (TPSA) is 101 Å². The number of aromatic nitrogens is 1. The summed E-state index contributed by atoms with van der Waals surface area (Å²) in [7, 11) is 1.56. The van der Waals surface area contributed by atoms with Crippen molar-refractivity contribution in [3.8, 4) is 5.75 Å². The molecule has 1 aromatic heterocycles. The van der Waals surface area contributed by atoms with Gasteiger partial charge in [-0.15, -0.1) is 0 Å². The molecule has 5 rings (SSSR count). The molecule has 2 saturated heterocycles. The molecule has 1 atom stereocenters. The number of hydrogen-bond donors (Lipinski definition) is 1. The van der Waals surface area contributed by atoms with Gasteiger partial charge in [-0.1, -0.05) is 24.3 Å². The van der Waals surface area contributed by atoms with Crippen molar-refractivity contribution < 1.29 is 23.9 Å². The van der Waals surface area contributed by atoms with E-state index in [-0.39, 0.29) is 24.3 Å². The number of likely N-dealkylation sites (tertiary alicyclic amines) is 1. The summed E-state index contributed by atoms with van der Waals surface area (Å²) in [6.45, 7) is 3.10. The fraction of sp³-hybridized carbons (Fsp3) is 0.333. The predicted molar refractivity (Wildman–Crippen MR) is 144 cm³/mol. The van der Waals surface area contributed by atoms with E-state index in [2.05, 4.69) is 10.3 Å². The molecule has 2 fully saturated rings. The number of aryl methyl sites for hydroxylation is 1. The third kappa shape index (κ3) is 5.35. The van der Waals surface area contributed by atoms with Gasteiger partial charge >= 0.3 is 0 Å². The number of ether oxygens (including phenoxy) is 2. The third-order valence-electron chi connectivity index (χ3n) is 7.52. The van der Waals surface area contributed by atoms with Gasteiger partial charge < -0.3 is 19.7 Å². The fourth-order valence-electron chi connectivity index (χ4n) is 5.29. The van der Waals surface area contributed by atoms with Gasteiger partial charge in [0.05, 0.1) is 13.7 Å². The highest BCUT2D eigenvalue weighted by Crippen LogP contribution is 2.39. The molecule has 3 amide bonds. The average Bonchev–Trinajstić information content (AvgIpc) is 3.34. The number of carbonyl (C=O) groups is 3. The molecule has 9 nitrogen and oxygen atoms in total. The van der Waals surface area contributed by atoms with Gasteiger partial charge in [-0.05, 0) is 54.4 Å². The summed E-state index contributed by atoms with van der Waals surface area (Å²) in [5.74, 6) is -0.00108. The van der Waals surface area contributed by atoms with Gasteiger partial charge in [0.25, 0.3) is 11.8 Å². The van der Waals surface area contributed by atoms with Gasteiger partial charge in [-0.2, -0.15) is 0 Å². The van der Waals surface area contributed by atoms with Crippen LogP contribution in [0.1, 0.15) is 44.7 Å². The first-order valence-electron chi connectivity index (χ1n) is 13.0. The van der Waals surface area contributed by atoms with Gasteiger partial charge in [0.15, 0.2) is 0 Å². The van der Waals surface area contributed by atoms with Crippen molar-refractivity contribution in [3.63, 3.8) is 0 Å². The lowest BCUT2D eigenvalue weighted by molar-refractivity contribution is -0.128. The lowest BCUT2D eigenvalue weighted by Crippen LogP contribution is -2.59. The van der Waals surface area contributed by atoms with Crippen LogP contribution in [0.4, 0.5) is 0 Å². The van der Waals surface area contributed by atoms with Gasteiger partial charge in [0.1, 0.15) is 17.5 Å². The first-order chi connectivity index (χ1) is 18.9. The summed E-state index contributed by atoms with van der Waals surface area (Å²) in [5.41, 5.74) is 1.89. The fourth-order valence-corrected chi connectivity index (χ4v) is 5.29. The number of pyridine rings is 1. The summed E-state index contributed by atoms with van der Waals surface area (Å²) in [6.07, 6.45) is 4.16. The van der Waals surface area contributed by atoms with Crippen LogP contribution in [0.2, 0.25) is 0 Å². The smallest absolute Gasteiger partial charge is 0.256 e. The maximum absolute atomic E-state index is 13.9. The number of nitrogens with one attached hydrogen (secondary N) is 1. The Labute approximate surface area is 227 Å². The highest BCUT2D eigenvalue weighted by Gasteiger charge is 2.54. The lowest BCUT2D eigenvalue weighted by atomic mass is 9.95. The second-order valence-electron chi connectivity index (χ2n) is 9.86. The van der Waals surface area contributed by atoms with Crippen LogP contribution in [0.15, 0.2) is 73.1 Å². The van der Waals surface area contributed by atoms with Crippen LogP contribution in [0, 0.1) is 6.92 Å². The molecule has 1 spiro atoms. The van der Waals surface area contributed by atoms with E-state index in [1.807, 2.05) is 37.3 Å². The van der Waals surface area contributed by atoms with Gasteiger partial charge in [0.2, 0.25) is 5.91 Å². The summed E-state index contributed by atoms with van der Waals surface area (Å²) in [4.78, 5) is 48.0. The Morgan fingerprint density at radius 2 is 1.77 bits per heavy atom. The number of methoxy groups -OCH3 is 1. The molecule has 3 aromatic rings. The average molecular weight is 529 g/mol. The Morgan fingerprint density at radius 3 is 2.44 bits per heavy atom. The highest BCUT2D eigenvalue weighted by atomic mass is 16.5. The van der Waals surface area contributed by atoms with Crippen molar-refractivity contribution in [2.24, 2.45) is 0 Å².